The molecule has 0 saturated heterocycles. The number of thiazole rings is 1. The maximum atomic E-state index is 11.1. The normalized spacial score (nSPS) is 10.6. The smallest absolute Gasteiger partial charge is 0.190 e. The van der Waals surface area contributed by atoms with Crippen LogP contribution in [-0.4, -0.2) is 25.4 Å². The number of ether oxygens (including phenoxy) is 1. The molecule has 0 N–H and O–H groups in total. The lowest BCUT2D eigenvalue weighted by atomic mass is 10.1. The average molecular weight is 290 g/mol. The highest BCUT2D eigenvalue weighted by molar-refractivity contribution is 7.17. The lowest BCUT2D eigenvalue weighted by Crippen LogP contribution is -2.10. The van der Waals surface area contributed by atoms with Gasteiger partial charge in [0.25, 0.3) is 0 Å². The van der Waals surface area contributed by atoms with E-state index in [-0.39, 0.29) is 0 Å². The van der Waals surface area contributed by atoms with Gasteiger partial charge >= 0.3 is 0 Å². The minimum absolute atomic E-state index is 0.352. The maximum Gasteiger partial charge on any atom is 0.190 e. The molecule has 1 heterocycles. The fraction of sp³-hybridized carbons (Fsp3) is 0.333. The Hall–Kier alpha value is -1.72. The first-order chi connectivity index (χ1) is 9.56. The first-order valence-electron chi connectivity index (χ1n) is 6.31. The molecule has 0 saturated carbocycles. The van der Waals surface area contributed by atoms with Crippen LogP contribution < -0.4 is 4.90 Å². The molecule has 0 aliphatic carbocycles. The second-order valence-electron chi connectivity index (χ2n) is 4.71. The molecule has 0 atom stereocenters. The Morgan fingerprint density at radius 2 is 2.15 bits per heavy atom. The van der Waals surface area contributed by atoms with E-state index in [1.165, 1.54) is 22.5 Å². The second-order valence-corrected chi connectivity index (χ2v) is 5.72. The maximum absolute atomic E-state index is 11.1. The highest BCUT2D eigenvalue weighted by atomic mass is 32.1. The van der Waals surface area contributed by atoms with Crippen molar-refractivity contribution in [2.45, 2.75) is 20.5 Å². The molecule has 0 aliphatic heterocycles. The van der Waals surface area contributed by atoms with Gasteiger partial charge in [0.15, 0.2) is 11.4 Å². The van der Waals surface area contributed by atoms with Crippen LogP contribution in [0.4, 0.5) is 10.8 Å². The number of hydrogen-bond donors (Lipinski definition) is 0. The summed E-state index contributed by atoms with van der Waals surface area (Å²) in [6, 6.07) is 6.28. The highest BCUT2D eigenvalue weighted by Crippen LogP contribution is 2.32. The molecule has 4 nitrogen and oxygen atoms in total. The van der Waals surface area contributed by atoms with Crippen molar-refractivity contribution in [3.8, 4) is 0 Å². The summed E-state index contributed by atoms with van der Waals surface area (Å²) in [7, 11) is 3.56. The van der Waals surface area contributed by atoms with Crippen LogP contribution in [0.25, 0.3) is 0 Å². The third-order valence-electron chi connectivity index (χ3n) is 3.10. The average Bonchev–Trinajstić information content (AvgIpc) is 2.82. The van der Waals surface area contributed by atoms with Crippen molar-refractivity contribution in [3.05, 3.63) is 39.9 Å². The van der Waals surface area contributed by atoms with Gasteiger partial charge < -0.3 is 9.64 Å². The number of rotatable bonds is 5. The molecule has 5 heteroatoms. The van der Waals surface area contributed by atoms with Gasteiger partial charge in [0.1, 0.15) is 0 Å². The van der Waals surface area contributed by atoms with E-state index >= 15 is 0 Å². The highest BCUT2D eigenvalue weighted by Gasteiger charge is 2.15. The number of anilines is 2. The fourth-order valence-electron chi connectivity index (χ4n) is 2.11. The lowest BCUT2D eigenvalue weighted by Gasteiger charge is -2.18. The first kappa shape index (κ1) is 14.7. The Morgan fingerprint density at radius 1 is 1.40 bits per heavy atom. The largest absolute Gasteiger partial charge is 0.378 e. The van der Waals surface area contributed by atoms with Gasteiger partial charge in [0, 0.05) is 19.8 Å². The van der Waals surface area contributed by atoms with Gasteiger partial charge in [0.05, 0.1) is 17.2 Å². The predicted octanol–water partition coefficient (Wildman–Crippen LogP) is 3.49. The molecule has 2 rings (SSSR count). The van der Waals surface area contributed by atoms with Crippen LogP contribution >= 0.6 is 11.3 Å². The minimum atomic E-state index is 0.352. The standard InChI is InChI=1S/C15H18N2O2S/c1-10-5-6-13(11(2)7-10)17(3)15-16-12(9-19-4)14(8-18)20-15/h5-8H,9H2,1-4H3. The number of carbonyl (C=O) groups is 1. The molecule has 0 radical (unpaired) electrons. The first-order valence-corrected chi connectivity index (χ1v) is 7.13. The Labute approximate surface area is 123 Å². The van der Waals surface area contributed by atoms with Crippen molar-refractivity contribution in [2.24, 2.45) is 0 Å². The summed E-state index contributed by atoms with van der Waals surface area (Å²) >= 11 is 1.38. The number of aryl methyl sites for hydroxylation is 2. The number of hydrogen-bond acceptors (Lipinski definition) is 5. The fourth-order valence-corrected chi connectivity index (χ4v) is 2.97. The zero-order chi connectivity index (χ0) is 14.7. The molecule has 0 amide bonds. The third-order valence-corrected chi connectivity index (χ3v) is 4.20. The van der Waals surface area contributed by atoms with E-state index in [0.717, 1.165) is 17.1 Å². The van der Waals surface area contributed by atoms with Crippen molar-refractivity contribution < 1.29 is 9.53 Å². The van der Waals surface area contributed by atoms with E-state index < -0.39 is 0 Å². The molecule has 106 valence electrons. The van der Waals surface area contributed by atoms with Crippen molar-refractivity contribution in [1.29, 1.82) is 0 Å². The Bertz CT molecular complexity index is 622. The summed E-state index contributed by atoms with van der Waals surface area (Å²) in [6.07, 6.45) is 0.839. The topological polar surface area (TPSA) is 42.4 Å². The molecule has 2 aromatic rings. The number of aromatic nitrogens is 1. The lowest BCUT2D eigenvalue weighted by molar-refractivity contribution is 0.112. The van der Waals surface area contributed by atoms with Gasteiger partial charge in [0.2, 0.25) is 0 Å². The monoisotopic (exact) mass is 290 g/mol. The van der Waals surface area contributed by atoms with E-state index in [1.807, 2.05) is 11.9 Å². The molecular weight excluding hydrogens is 272 g/mol. The SMILES string of the molecule is COCc1nc(N(C)c2ccc(C)cc2C)sc1C=O. The number of carbonyl (C=O) groups excluding carboxylic acids is 1. The second kappa shape index (κ2) is 6.15. The number of benzene rings is 1. The van der Waals surface area contributed by atoms with Crippen molar-refractivity contribution in [2.75, 3.05) is 19.1 Å². The van der Waals surface area contributed by atoms with E-state index in [0.29, 0.717) is 17.2 Å². The Kier molecular flexibility index (Phi) is 4.52. The van der Waals surface area contributed by atoms with Crippen LogP contribution in [0.3, 0.4) is 0 Å². The predicted molar refractivity (Wildman–Crippen MR) is 82.2 cm³/mol. The molecular formula is C15H18N2O2S. The van der Waals surface area contributed by atoms with Crippen LogP contribution in [0, 0.1) is 13.8 Å². The Morgan fingerprint density at radius 3 is 2.75 bits per heavy atom. The van der Waals surface area contributed by atoms with E-state index in [1.54, 1.807) is 7.11 Å². The van der Waals surface area contributed by atoms with E-state index in [4.69, 9.17) is 4.74 Å². The molecule has 0 fully saturated rings. The molecule has 0 aliphatic rings. The number of nitrogens with zero attached hydrogens (tertiary/aromatic N) is 2. The van der Waals surface area contributed by atoms with Crippen LogP contribution in [0.2, 0.25) is 0 Å². The van der Waals surface area contributed by atoms with Crippen LogP contribution in [-0.2, 0) is 11.3 Å². The molecule has 0 unspecified atom stereocenters. The summed E-state index contributed by atoms with van der Waals surface area (Å²) in [4.78, 5) is 18.2. The summed E-state index contributed by atoms with van der Waals surface area (Å²) in [5, 5.41) is 0.797. The summed E-state index contributed by atoms with van der Waals surface area (Å²) in [6.45, 7) is 4.50. The zero-order valence-electron chi connectivity index (χ0n) is 12.1. The third kappa shape index (κ3) is 2.89. The summed E-state index contributed by atoms with van der Waals surface area (Å²) < 4.78 is 5.08. The van der Waals surface area contributed by atoms with Crippen molar-refractivity contribution >= 4 is 28.4 Å². The molecule has 0 spiro atoms. The minimum Gasteiger partial charge on any atom is -0.378 e. The summed E-state index contributed by atoms with van der Waals surface area (Å²) in [5.41, 5.74) is 4.20. The van der Waals surface area contributed by atoms with Crippen LogP contribution in [0.1, 0.15) is 26.5 Å². The Balaban J connectivity index is 2.37. The zero-order valence-corrected chi connectivity index (χ0v) is 13.0. The van der Waals surface area contributed by atoms with E-state index in [9.17, 15) is 4.79 Å². The van der Waals surface area contributed by atoms with Crippen molar-refractivity contribution in [1.82, 2.24) is 4.98 Å². The van der Waals surface area contributed by atoms with Crippen LogP contribution in [0.5, 0.6) is 0 Å². The number of methoxy groups -OCH3 is 1. The van der Waals surface area contributed by atoms with Crippen molar-refractivity contribution in [3.63, 3.8) is 0 Å². The van der Waals surface area contributed by atoms with Gasteiger partial charge in [-0.05, 0) is 25.5 Å². The van der Waals surface area contributed by atoms with Gasteiger partial charge in [-0.3, -0.25) is 4.79 Å². The van der Waals surface area contributed by atoms with Crippen LogP contribution in [0.15, 0.2) is 18.2 Å². The molecule has 1 aromatic carbocycles. The van der Waals surface area contributed by atoms with Gasteiger partial charge in [-0.1, -0.05) is 29.0 Å². The van der Waals surface area contributed by atoms with Gasteiger partial charge in [-0.15, -0.1) is 0 Å². The molecule has 20 heavy (non-hydrogen) atoms. The van der Waals surface area contributed by atoms with E-state index in [2.05, 4.69) is 37.0 Å². The van der Waals surface area contributed by atoms with Gasteiger partial charge in [-0.2, -0.15) is 0 Å². The summed E-state index contributed by atoms with van der Waals surface area (Å²) in [5.74, 6) is 0. The quantitative estimate of drug-likeness (QED) is 0.791. The number of aldehydes is 1. The molecule has 1 aromatic heterocycles. The van der Waals surface area contributed by atoms with Gasteiger partial charge in [-0.25, -0.2) is 4.98 Å². The molecule has 0 bridgehead atoms.